The molecule has 0 bridgehead atoms. The molecule has 2 N–H and O–H groups in total. The van der Waals surface area contributed by atoms with Crippen molar-refractivity contribution in [2.45, 2.75) is 19.4 Å². The molecule has 4 heteroatoms. The van der Waals surface area contributed by atoms with Crippen molar-refractivity contribution in [2.75, 3.05) is 6.54 Å². The smallest absolute Gasteiger partial charge is 0.128 e. The zero-order valence-corrected chi connectivity index (χ0v) is 9.63. The van der Waals surface area contributed by atoms with Gasteiger partial charge >= 0.3 is 0 Å². The quantitative estimate of drug-likeness (QED) is 0.789. The van der Waals surface area contributed by atoms with Crippen LogP contribution < -0.4 is 5.32 Å². The first-order valence-corrected chi connectivity index (χ1v) is 5.77. The van der Waals surface area contributed by atoms with Gasteiger partial charge in [0.05, 0.1) is 18.1 Å². The van der Waals surface area contributed by atoms with Crippen LogP contribution in [0.25, 0.3) is 0 Å². The van der Waals surface area contributed by atoms with Crippen molar-refractivity contribution >= 4 is 0 Å². The Bertz CT molecular complexity index is 547. The molecule has 2 heterocycles. The van der Waals surface area contributed by atoms with Crippen LogP contribution in [0.15, 0.2) is 24.5 Å². The molecular formula is C13H14FN3. The van der Waals surface area contributed by atoms with Gasteiger partial charge in [0, 0.05) is 24.2 Å². The number of halogens is 1. The van der Waals surface area contributed by atoms with Crippen molar-refractivity contribution in [3.8, 4) is 0 Å². The highest BCUT2D eigenvalue weighted by Gasteiger charge is 2.25. The third-order valence-corrected chi connectivity index (χ3v) is 3.21. The highest BCUT2D eigenvalue weighted by molar-refractivity contribution is 5.35. The molecule has 88 valence electrons. The maximum absolute atomic E-state index is 13.9. The predicted octanol–water partition coefficient (Wildman–Crippen LogP) is 2.09. The van der Waals surface area contributed by atoms with Crippen molar-refractivity contribution in [1.82, 2.24) is 15.3 Å². The lowest BCUT2D eigenvalue weighted by Gasteiger charge is -2.24. The average molecular weight is 231 g/mol. The average Bonchev–Trinajstić information content (AvgIpc) is 2.80. The zero-order chi connectivity index (χ0) is 11.8. The number of aromatic amines is 1. The first-order chi connectivity index (χ1) is 8.25. The number of imidazole rings is 1. The first kappa shape index (κ1) is 10.5. The number of rotatable bonds is 1. The molecule has 1 aliphatic heterocycles. The molecule has 1 aromatic carbocycles. The van der Waals surface area contributed by atoms with Crippen molar-refractivity contribution in [3.05, 3.63) is 52.9 Å². The van der Waals surface area contributed by atoms with Crippen LogP contribution >= 0.6 is 0 Å². The van der Waals surface area contributed by atoms with E-state index in [-0.39, 0.29) is 11.9 Å². The Morgan fingerprint density at radius 3 is 3.18 bits per heavy atom. The molecule has 0 radical (unpaired) electrons. The van der Waals surface area contributed by atoms with Gasteiger partial charge in [0.2, 0.25) is 0 Å². The minimum absolute atomic E-state index is 0.134. The Morgan fingerprint density at radius 2 is 2.29 bits per heavy atom. The summed E-state index contributed by atoms with van der Waals surface area (Å²) in [6, 6.07) is 5.06. The van der Waals surface area contributed by atoms with Crippen LogP contribution in [-0.2, 0) is 6.42 Å². The number of nitrogens with zero attached hydrogens (tertiary/aromatic N) is 1. The molecule has 0 saturated heterocycles. The van der Waals surface area contributed by atoms with E-state index in [1.807, 2.05) is 13.0 Å². The van der Waals surface area contributed by atoms with Gasteiger partial charge in [-0.25, -0.2) is 9.37 Å². The molecular weight excluding hydrogens is 217 g/mol. The summed E-state index contributed by atoms with van der Waals surface area (Å²) in [5, 5.41) is 3.32. The molecule has 0 aliphatic carbocycles. The summed E-state index contributed by atoms with van der Waals surface area (Å²) in [6.07, 6.45) is 2.59. The predicted molar refractivity (Wildman–Crippen MR) is 63.3 cm³/mol. The van der Waals surface area contributed by atoms with E-state index < -0.39 is 0 Å². The maximum Gasteiger partial charge on any atom is 0.128 e. The van der Waals surface area contributed by atoms with Crippen LogP contribution in [0.2, 0.25) is 0 Å². The third-order valence-electron chi connectivity index (χ3n) is 3.21. The molecule has 2 aromatic rings. The van der Waals surface area contributed by atoms with Gasteiger partial charge < -0.3 is 10.3 Å². The standard InChI is InChI=1S/C13H14FN3/c1-8-2-3-10(14)9(6-8)12-13-11(4-5-15-12)16-7-17-13/h2-3,6-7,12,15H,4-5H2,1H3,(H,16,17). The summed E-state index contributed by atoms with van der Waals surface area (Å²) in [7, 11) is 0. The fourth-order valence-corrected chi connectivity index (χ4v) is 2.36. The van der Waals surface area contributed by atoms with Crippen molar-refractivity contribution in [1.29, 1.82) is 0 Å². The van der Waals surface area contributed by atoms with E-state index in [0.29, 0.717) is 5.56 Å². The van der Waals surface area contributed by atoms with Gasteiger partial charge in [0.25, 0.3) is 0 Å². The van der Waals surface area contributed by atoms with Crippen LogP contribution in [-0.4, -0.2) is 16.5 Å². The minimum atomic E-state index is -0.177. The third kappa shape index (κ3) is 1.74. The summed E-state index contributed by atoms with van der Waals surface area (Å²) in [6.45, 7) is 2.81. The highest BCUT2D eigenvalue weighted by atomic mass is 19.1. The van der Waals surface area contributed by atoms with Crippen LogP contribution in [0, 0.1) is 12.7 Å². The second-order valence-electron chi connectivity index (χ2n) is 4.43. The lowest BCUT2D eigenvalue weighted by molar-refractivity contribution is 0.518. The summed E-state index contributed by atoms with van der Waals surface area (Å²) in [5.41, 5.74) is 3.76. The van der Waals surface area contributed by atoms with Gasteiger partial charge in [-0.2, -0.15) is 0 Å². The molecule has 0 amide bonds. The molecule has 1 aliphatic rings. The van der Waals surface area contributed by atoms with E-state index in [4.69, 9.17) is 0 Å². The second kappa shape index (κ2) is 3.96. The van der Waals surface area contributed by atoms with Crippen molar-refractivity contribution in [3.63, 3.8) is 0 Å². The fourth-order valence-electron chi connectivity index (χ4n) is 2.36. The number of H-pyrrole nitrogens is 1. The lowest BCUT2D eigenvalue weighted by atomic mass is 9.96. The van der Waals surface area contributed by atoms with Gasteiger partial charge in [-0.05, 0) is 13.0 Å². The summed E-state index contributed by atoms with van der Waals surface area (Å²) in [5.74, 6) is -0.177. The van der Waals surface area contributed by atoms with Gasteiger partial charge in [-0.15, -0.1) is 0 Å². The number of hydrogen-bond acceptors (Lipinski definition) is 2. The topological polar surface area (TPSA) is 40.7 Å². The molecule has 1 aromatic heterocycles. The Balaban J connectivity index is 2.09. The summed E-state index contributed by atoms with van der Waals surface area (Å²) in [4.78, 5) is 7.42. The highest BCUT2D eigenvalue weighted by Crippen LogP contribution is 2.28. The largest absolute Gasteiger partial charge is 0.348 e. The summed E-state index contributed by atoms with van der Waals surface area (Å²) >= 11 is 0. The number of aromatic nitrogens is 2. The normalized spacial score (nSPS) is 19.1. The molecule has 0 spiro atoms. The second-order valence-corrected chi connectivity index (χ2v) is 4.43. The number of benzene rings is 1. The van der Waals surface area contributed by atoms with Crippen LogP contribution in [0.1, 0.15) is 28.6 Å². The van der Waals surface area contributed by atoms with E-state index in [2.05, 4.69) is 15.3 Å². The Hall–Kier alpha value is -1.68. The molecule has 17 heavy (non-hydrogen) atoms. The van der Waals surface area contributed by atoms with E-state index in [9.17, 15) is 4.39 Å². The van der Waals surface area contributed by atoms with Crippen LogP contribution in [0.5, 0.6) is 0 Å². The monoisotopic (exact) mass is 231 g/mol. The number of fused-ring (bicyclic) bond motifs is 1. The van der Waals surface area contributed by atoms with Crippen LogP contribution in [0.4, 0.5) is 4.39 Å². The molecule has 0 fully saturated rings. The van der Waals surface area contributed by atoms with Crippen molar-refractivity contribution in [2.24, 2.45) is 0 Å². The Labute approximate surface area is 99.1 Å². The number of nitrogens with one attached hydrogen (secondary N) is 2. The molecule has 3 rings (SSSR count). The van der Waals surface area contributed by atoms with E-state index in [1.54, 1.807) is 12.4 Å². The molecule has 1 unspecified atom stereocenters. The van der Waals surface area contributed by atoms with E-state index in [0.717, 1.165) is 29.9 Å². The van der Waals surface area contributed by atoms with E-state index in [1.165, 1.54) is 6.07 Å². The van der Waals surface area contributed by atoms with Gasteiger partial charge in [-0.3, -0.25) is 0 Å². The maximum atomic E-state index is 13.9. The van der Waals surface area contributed by atoms with Crippen LogP contribution in [0.3, 0.4) is 0 Å². The van der Waals surface area contributed by atoms with Gasteiger partial charge in [-0.1, -0.05) is 17.7 Å². The van der Waals surface area contributed by atoms with Gasteiger partial charge in [0.1, 0.15) is 5.82 Å². The molecule has 0 saturated carbocycles. The fraction of sp³-hybridized carbons (Fsp3) is 0.308. The van der Waals surface area contributed by atoms with E-state index >= 15 is 0 Å². The number of hydrogen-bond donors (Lipinski definition) is 2. The lowest BCUT2D eigenvalue weighted by Crippen LogP contribution is -2.31. The number of aryl methyl sites for hydroxylation is 1. The molecule has 3 nitrogen and oxygen atoms in total. The Kier molecular flexibility index (Phi) is 2.44. The SMILES string of the molecule is Cc1ccc(F)c(C2NCCc3[nH]cnc32)c1. The van der Waals surface area contributed by atoms with Crippen molar-refractivity contribution < 1.29 is 4.39 Å². The van der Waals surface area contributed by atoms with Gasteiger partial charge in [0.15, 0.2) is 0 Å². The first-order valence-electron chi connectivity index (χ1n) is 5.77. The molecule has 1 atom stereocenters. The zero-order valence-electron chi connectivity index (χ0n) is 9.63. The Morgan fingerprint density at radius 1 is 1.41 bits per heavy atom. The summed E-state index contributed by atoms with van der Waals surface area (Å²) < 4.78 is 13.9. The minimum Gasteiger partial charge on any atom is -0.348 e.